The van der Waals surface area contributed by atoms with Crippen LogP contribution in [-0.4, -0.2) is 62.8 Å². The predicted molar refractivity (Wildman–Crippen MR) is 133 cm³/mol. The first kappa shape index (κ1) is 22.6. The molecule has 2 N–H and O–H groups in total. The Morgan fingerprint density at radius 1 is 0.914 bits per heavy atom. The lowest BCUT2D eigenvalue weighted by molar-refractivity contribution is -0.143. The number of pyridine rings is 1. The zero-order valence-electron chi connectivity index (χ0n) is 19.1. The molecule has 2 aromatic carbocycles. The van der Waals surface area contributed by atoms with Gasteiger partial charge in [-0.05, 0) is 29.8 Å². The molecule has 0 unspecified atom stereocenters. The molecule has 178 valence electrons. The van der Waals surface area contributed by atoms with E-state index in [9.17, 15) is 19.8 Å². The van der Waals surface area contributed by atoms with E-state index in [1.54, 1.807) is 24.4 Å². The highest BCUT2D eigenvalue weighted by molar-refractivity contribution is 5.96. The molecule has 5 rings (SSSR count). The molecule has 1 aliphatic heterocycles. The number of carbonyl (C=O) groups is 2. The molecular formula is C27H26N4O4. The molecule has 1 saturated heterocycles. The van der Waals surface area contributed by atoms with Gasteiger partial charge >= 0.3 is 11.9 Å². The molecule has 0 spiro atoms. The summed E-state index contributed by atoms with van der Waals surface area (Å²) >= 11 is 0. The topological polar surface area (TPSA) is 98.9 Å². The highest BCUT2D eigenvalue weighted by Gasteiger charge is 2.33. The summed E-state index contributed by atoms with van der Waals surface area (Å²) in [6.45, 7) is 3.01. The number of fused-ring (bicyclic) bond motifs is 1. The van der Waals surface area contributed by atoms with E-state index in [4.69, 9.17) is 0 Å². The van der Waals surface area contributed by atoms with E-state index in [0.29, 0.717) is 43.8 Å². The van der Waals surface area contributed by atoms with Crippen molar-refractivity contribution in [3.63, 3.8) is 0 Å². The molecule has 0 aliphatic carbocycles. The molecule has 4 aromatic rings. The number of nitrogens with zero attached hydrogens (tertiary/aromatic N) is 4. The number of piperazine rings is 1. The predicted octanol–water partition coefficient (Wildman–Crippen LogP) is 3.73. The van der Waals surface area contributed by atoms with Gasteiger partial charge in [0, 0.05) is 61.6 Å². The fraction of sp³-hybridized carbons (Fsp3) is 0.222. The Hall–Kier alpha value is -4.17. The molecule has 1 atom stereocenters. The van der Waals surface area contributed by atoms with Crippen molar-refractivity contribution in [2.75, 3.05) is 31.1 Å². The maximum absolute atomic E-state index is 12.6. The number of hydrogen-bond acceptors (Lipinski definition) is 5. The minimum absolute atomic E-state index is 0.173. The summed E-state index contributed by atoms with van der Waals surface area (Å²) in [5, 5.41) is 20.6. The fourth-order valence-electron chi connectivity index (χ4n) is 4.82. The van der Waals surface area contributed by atoms with Crippen LogP contribution in [-0.2, 0) is 11.3 Å². The van der Waals surface area contributed by atoms with Crippen LogP contribution >= 0.6 is 0 Å². The summed E-state index contributed by atoms with van der Waals surface area (Å²) in [5.41, 5.74) is 2.61. The summed E-state index contributed by atoms with van der Waals surface area (Å²) in [4.78, 5) is 32.8. The Balaban J connectivity index is 1.50. The number of carboxylic acids is 2. The van der Waals surface area contributed by atoms with Gasteiger partial charge in [-0.3, -0.25) is 9.69 Å². The van der Waals surface area contributed by atoms with Gasteiger partial charge in [0.15, 0.2) is 0 Å². The number of aromatic nitrogens is 2. The number of benzene rings is 2. The number of aromatic carboxylic acids is 1. The van der Waals surface area contributed by atoms with Crippen LogP contribution in [0.4, 0.5) is 5.82 Å². The van der Waals surface area contributed by atoms with Gasteiger partial charge in [0.25, 0.3) is 0 Å². The molecule has 1 fully saturated rings. The number of aliphatic carboxylic acids is 1. The maximum Gasteiger partial charge on any atom is 0.335 e. The highest BCUT2D eigenvalue weighted by Crippen LogP contribution is 2.33. The second kappa shape index (κ2) is 9.60. The van der Waals surface area contributed by atoms with Crippen LogP contribution in [0.25, 0.3) is 10.9 Å². The molecular weight excluding hydrogens is 444 g/mol. The number of carboxylic acid groups (broad SMARTS) is 2. The standard InChI is InChI=1S/C27H26N4O4/c32-26(33)20-9-10-21-22(18-31(23(21)16-20)17-19-6-2-1-3-7-19)25(27(34)35)30-14-12-29(13-15-30)24-8-4-5-11-28-24/h1-11,16,18,25H,12-15,17H2,(H,32,33)(H,34,35)/t25-/m0/s1. The smallest absolute Gasteiger partial charge is 0.335 e. The van der Waals surface area contributed by atoms with Gasteiger partial charge in [-0.15, -0.1) is 0 Å². The third-order valence-corrected chi connectivity index (χ3v) is 6.54. The molecule has 8 heteroatoms. The lowest BCUT2D eigenvalue weighted by Crippen LogP contribution is -2.49. The Labute approximate surface area is 202 Å². The van der Waals surface area contributed by atoms with E-state index in [2.05, 4.69) is 9.88 Å². The Morgan fingerprint density at radius 3 is 2.31 bits per heavy atom. The number of hydrogen-bond donors (Lipinski definition) is 2. The van der Waals surface area contributed by atoms with Crippen LogP contribution in [0, 0.1) is 0 Å². The molecule has 2 aromatic heterocycles. The van der Waals surface area contributed by atoms with E-state index in [1.165, 1.54) is 0 Å². The third-order valence-electron chi connectivity index (χ3n) is 6.54. The summed E-state index contributed by atoms with van der Waals surface area (Å²) in [6.07, 6.45) is 3.63. The van der Waals surface area contributed by atoms with Crippen molar-refractivity contribution in [3.8, 4) is 0 Å². The van der Waals surface area contributed by atoms with Crippen LogP contribution < -0.4 is 4.90 Å². The third kappa shape index (κ3) is 4.61. The zero-order chi connectivity index (χ0) is 24.4. The largest absolute Gasteiger partial charge is 0.480 e. The van der Waals surface area contributed by atoms with Gasteiger partial charge in [0.05, 0.1) is 5.56 Å². The van der Waals surface area contributed by atoms with E-state index in [0.717, 1.165) is 16.8 Å². The van der Waals surface area contributed by atoms with Crippen molar-refractivity contribution in [1.29, 1.82) is 0 Å². The van der Waals surface area contributed by atoms with E-state index in [1.807, 2.05) is 64.2 Å². The molecule has 0 saturated carbocycles. The maximum atomic E-state index is 12.6. The molecule has 3 heterocycles. The van der Waals surface area contributed by atoms with Crippen molar-refractivity contribution in [1.82, 2.24) is 14.5 Å². The van der Waals surface area contributed by atoms with E-state index < -0.39 is 18.0 Å². The van der Waals surface area contributed by atoms with Gasteiger partial charge in [-0.25, -0.2) is 9.78 Å². The van der Waals surface area contributed by atoms with Crippen LogP contribution in [0.15, 0.2) is 79.1 Å². The molecule has 35 heavy (non-hydrogen) atoms. The summed E-state index contributed by atoms with van der Waals surface area (Å²) in [7, 11) is 0. The summed E-state index contributed by atoms with van der Waals surface area (Å²) in [6, 6.07) is 19.7. The van der Waals surface area contributed by atoms with Crippen molar-refractivity contribution < 1.29 is 19.8 Å². The van der Waals surface area contributed by atoms with Crippen LogP contribution in [0.5, 0.6) is 0 Å². The van der Waals surface area contributed by atoms with Crippen LogP contribution in [0.2, 0.25) is 0 Å². The van der Waals surface area contributed by atoms with Crippen molar-refractivity contribution in [2.45, 2.75) is 12.6 Å². The van der Waals surface area contributed by atoms with Crippen LogP contribution in [0.3, 0.4) is 0 Å². The van der Waals surface area contributed by atoms with Crippen LogP contribution in [0.1, 0.15) is 27.5 Å². The molecule has 8 nitrogen and oxygen atoms in total. The van der Waals surface area contributed by atoms with E-state index in [-0.39, 0.29) is 5.56 Å². The number of rotatable bonds is 7. The van der Waals surface area contributed by atoms with Gasteiger partial charge in [-0.2, -0.15) is 0 Å². The van der Waals surface area contributed by atoms with Gasteiger partial charge in [0.1, 0.15) is 11.9 Å². The molecule has 1 aliphatic rings. The minimum atomic E-state index is -1.01. The normalized spacial score (nSPS) is 15.3. The summed E-state index contributed by atoms with van der Waals surface area (Å²) < 4.78 is 1.95. The first-order chi connectivity index (χ1) is 17.0. The van der Waals surface area contributed by atoms with E-state index >= 15 is 0 Å². The van der Waals surface area contributed by atoms with Crippen molar-refractivity contribution >= 4 is 28.7 Å². The monoisotopic (exact) mass is 470 g/mol. The first-order valence-corrected chi connectivity index (χ1v) is 11.5. The fourth-order valence-corrected chi connectivity index (χ4v) is 4.82. The first-order valence-electron chi connectivity index (χ1n) is 11.5. The quantitative estimate of drug-likeness (QED) is 0.425. The molecule has 0 bridgehead atoms. The van der Waals surface area contributed by atoms with Gasteiger partial charge in [0.2, 0.25) is 0 Å². The number of anilines is 1. The average molecular weight is 471 g/mol. The van der Waals surface area contributed by atoms with Gasteiger partial charge < -0.3 is 19.7 Å². The average Bonchev–Trinajstić information content (AvgIpc) is 3.22. The zero-order valence-corrected chi connectivity index (χ0v) is 19.1. The second-order valence-corrected chi connectivity index (χ2v) is 8.69. The SMILES string of the molecule is O=C(O)c1ccc2c([C@@H](C(=O)O)N3CCN(c4ccccn4)CC3)cn(Cc3ccccc3)c2c1. The van der Waals surface area contributed by atoms with Gasteiger partial charge in [-0.1, -0.05) is 42.5 Å². The lowest BCUT2D eigenvalue weighted by Gasteiger charge is -2.38. The minimum Gasteiger partial charge on any atom is -0.480 e. The second-order valence-electron chi connectivity index (χ2n) is 8.69. The Morgan fingerprint density at radius 2 is 1.66 bits per heavy atom. The highest BCUT2D eigenvalue weighted by atomic mass is 16.4. The van der Waals surface area contributed by atoms with Crippen molar-refractivity contribution in [3.05, 3.63) is 95.8 Å². The molecule has 0 amide bonds. The van der Waals surface area contributed by atoms with Crippen molar-refractivity contribution in [2.24, 2.45) is 0 Å². The Bertz CT molecular complexity index is 1350. The summed E-state index contributed by atoms with van der Waals surface area (Å²) in [5.74, 6) is -1.04. The Kier molecular flexibility index (Phi) is 6.20. The molecule has 0 radical (unpaired) electrons. The lowest BCUT2D eigenvalue weighted by atomic mass is 10.0.